The van der Waals surface area contributed by atoms with E-state index in [9.17, 15) is 21.6 Å². The summed E-state index contributed by atoms with van der Waals surface area (Å²) in [7, 11) is -3.82. The van der Waals surface area contributed by atoms with Gasteiger partial charge in [-0.1, -0.05) is 17.3 Å². The standard InChI is InChI=1S/C19H20F3N3O4S/c20-19(21,22)29-17-5-7-18(8-6-17)30(26,27)25-11-9-16(10-12-25)24-28-13-14-1-3-15(23)4-2-14/h1-8H,9-13,23H2. The topological polar surface area (TPSA) is 94.2 Å². The molecule has 2 aromatic rings. The van der Waals surface area contributed by atoms with Crippen molar-refractivity contribution in [1.29, 1.82) is 0 Å². The van der Waals surface area contributed by atoms with E-state index in [-0.39, 0.29) is 24.6 Å². The van der Waals surface area contributed by atoms with Gasteiger partial charge in [0, 0.05) is 31.6 Å². The van der Waals surface area contributed by atoms with E-state index < -0.39 is 22.1 Å². The van der Waals surface area contributed by atoms with Crippen molar-refractivity contribution in [2.45, 2.75) is 30.7 Å². The minimum absolute atomic E-state index is 0.1000. The summed E-state index contributed by atoms with van der Waals surface area (Å²) in [5, 5.41) is 4.08. The van der Waals surface area contributed by atoms with Gasteiger partial charge < -0.3 is 15.3 Å². The van der Waals surface area contributed by atoms with Gasteiger partial charge in [-0.3, -0.25) is 0 Å². The largest absolute Gasteiger partial charge is 0.573 e. The first-order chi connectivity index (χ1) is 14.1. The summed E-state index contributed by atoms with van der Waals surface area (Å²) in [6.07, 6.45) is -4.04. The van der Waals surface area contributed by atoms with Crippen LogP contribution in [0.25, 0.3) is 0 Å². The van der Waals surface area contributed by atoms with Crippen molar-refractivity contribution in [2.75, 3.05) is 18.8 Å². The van der Waals surface area contributed by atoms with Crippen molar-refractivity contribution in [3.8, 4) is 5.75 Å². The van der Waals surface area contributed by atoms with Crippen molar-refractivity contribution in [3.63, 3.8) is 0 Å². The van der Waals surface area contributed by atoms with Gasteiger partial charge in [-0.25, -0.2) is 8.42 Å². The molecule has 0 aliphatic carbocycles. The Labute approximate surface area is 171 Å². The van der Waals surface area contributed by atoms with E-state index in [1.54, 1.807) is 12.1 Å². The second-order valence-corrected chi connectivity index (χ2v) is 8.53. The van der Waals surface area contributed by atoms with E-state index in [0.29, 0.717) is 18.5 Å². The normalized spacial score (nSPS) is 15.6. The molecule has 0 bridgehead atoms. The van der Waals surface area contributed by atoms with E-state index in [1.807, 2.05) is 12.1 Å². The number of sulfonamides is 1. The van der Waals surface area contributed by atoms with Crippen LogP contribution in [-0.2, 0) is 21.5 Å². The Kier molecular flexibility index (Phi) is 6.52. The average Bonchev–Trinajstić information content (AvgIpc) is 2.69. The van der Waals surface area contributed by atoms with Gasteiger partial charge >= 0.3 is 6.36 Å². The van der Waals surface area contributed by atoms with E-state index >= 15 is 0 Å². The first-order valence-corrected chi connectivity index (χ1v) is 10.5. The highest BCUT2D eigenvalue weighted by Gasteiger charge is 2.32. The van der Waals surface area contributed by atoms with Gasteiger partial charge in [-0.15, -0.1) is 13.2 Å². The maximum absolute atomic E-state index is 12.7. The Morgan fingerprint density at radius 2 is 1.60 bits per heavy atom. The highest BCUT2D eigenvalue weighted by molar-refractivity contribution is 7.89. The quantitative estimate of drug-likeness (QED) is 0.545. The summed E-state index contributed by atoms with van der Waals surface area (Å²) < 4.78 is 67.1. The maximum Gasteiger partial charge on any atom is 0.573 e. The molecule has 3 rings (SSSR count). The third-order valence-electron chi connectivity index (χ3n) is 4.40. The number of benzene rings is 2. The number of hydrogen-bond acceptors (Lipinski definition) is 6. The Morgan fingerprint density at radius 1 is 1.00 bits per heavy atom. The molecule has 2 N–H and O–H groups in total. The fraction of sp³-hybridized carbons (Fsp3) is 0.316. The minimum atomic E-state index is -4.83. The zero-order valence-corrected chi connectivity index (χ0v) is 16.6. The molecule has 1 aliphatic rings. The molecular formula is C19H20F3N3O4S. The van der Waals surface area contributed by atoms with Gasteiger partial charge in [0.2, 0.25) is 10.0 Å². The zero-order valence-electron chi connectivity index (χ0n) is 15.8. The summed E-state index contributed by atoms with van der Waals surface area (Å²) in [6, 6.07) is 11.3. The van der Waals surface area contributed by atoms with E-state index in [1.165, 1.54) is 4.31 Å². The van der Waals surface area contributed by atoms with Crippen LogP contribution in [0.1, 0.15) is 18.4 Å². The predicted octanol–water partition coefficient (Wildman–Crippen LogP) is 3.52. The third kappa shape index (κ3) is 5.86. The second kappa shape index (κ2) is 8.92. The van der Waals surface area contributed by atoms with Crippen LogP contribution in [0.5, 0.6) is 5.75 Å². The molecule has 1 heterocycles. The van der Waals surface area contributed by atoms with Crippen molar-refractivity contribution < 1.29 is 31.2 Å². The SMILES string of the molecule is Nc1ccc(CON=C2CCN(S(=O)(=O)c3ccc(OC(F)(F)F)cc3)CC2)cc1. The van der Waals surface area contributed by atoms with Crippen LogP contribution in [0.3, 0.4) is 0 Å². The number of nitrogen functional groups attached to an aromatic ring is 1. The molecule has 162 valence electrons. The van der Waals surface area contributed by atoms with Crippen molar-refractivity contribution in [1.82, 2.24) is 4.31 Å². The molecule has 7 nitrogen and oxygen atoms in total. The molecule has 0 saturated carbocycles. The van der Waals surface area contributed by atoms with Crippen molar-refractivity contribution in [3.05, 3.63) is 54.1 Å². The highest BCUT2D eigenvalue weighted by Crippen LogP contribution is 2.26. The van der Waals surface area contributed by atoms with Crippen LogP contribution in [0, 0.1) is 0 Å². The number of nitrogens with zero attached hydrogens (tertiary/aromatic N) is 2. The van der Waals surface area contributed by atoms with Gasteiger partial charge in [0.25, 0.3) is 0 Å². The van der Waals surface area contributed by atoms with Crippen LogP contribution in [0.4, 0.5) is 18.9 Å². The monoisotopic (exact) mass is 443 g/mol. The third-order valence-corrected chi connectivity index (χ3v) is 6.31. The zero-order chi connectivity index (χ0) is 21.8. The lowest BCUT2D eigenvalue weighted by molar-refractivity contribution is -0.274. The Balaban J connectivity index is 1.54. The maximum atomic E-state index is 12.7. The highest BCUT2D eigenvalue weighted by atomic mass is 32.2. The van der Waals surface area contributed by atoms with E-state index in [4.69, 9.17) is 10.6 Å². The Hall–Kier alpha value is -2.79. The predicted molar refractivity (Wildman–Crippen MR) is 104 cm³/mol. The molecule has 0 radical (unpaired) electrons. The molecule has 1 saturated heterocycles. The molecule has 0 spiro atoms. The first-order valence-electron chi connectivity index (χ1n) is 9.01. The number of rotatable bonds is 6. The number of ether oxygens (including phenoxy) is 1. The number of halogens is 3. The summed E-state index contributed by atoms with van der Waals surface area (Å²) in [5.41, 5.74) is 7.92. The van der Waals surface area contributed by atoms with Crippen LogP contribution in [-0.4, -0.2) is 37.9 Å². The second-order valence-electron chi connectivity index (χ2n) is 6.60. The number of hydrogen-bond donors (Lipinski definition) is 1. The fourth-order valence-corrected chi connectivity index (χ4v) is 4.29. The van der Waals surface area contributed by atoms with E-state index in [0.717, 1.165) is 35.5 Å². The number of anilines is 1. The average molecular weight is 443 g/mol. The molecule has 11 heteroatoms. The van der Waals surface area contributed by atoms with Crippen molar-refractivity contribution in [2.24, 2.45) is 5.16 Å². The van der Waals surface area contributed by atoms with Gasteiger partial charge in [-0.05, 0) is 42.0 Å². The smallest absolute Gasteiger partial charge is 0.406 e. The number of piperidine rings is 1. The molecule has 1 aliphatic heterocycles. The summed E-state index contributed by atoms with van der Waals surface area (Å²) in [6.45, 7) is 0.679. The van der Waals surface area contributed by atoms with Crippen LogP contribution >= 0.6 is 0 Å². The van der Waals surface area contributed by atoms with Gasteiger partial charge in [0.1, 0.15) is 12.4 Å². The van der Waals surface area contributed by atoms with Crippen LogP contribution in [0.15, 0.2) is 58.6 Å². The number of oxime groups is 1. The molecule has 0 atom stereocenters. The molecule has 0 aromatic heterocycles. The molecule has 2 aromatic carbocycles. The summed E-state index contributed by atoms with van der Waals surface area (Å²) >= 11 is 0. The molecule has 30 heavy (non-hydrogen) atoms. The fourth-order valence-electron chi connectivity index (χ4n) is 2.85. The minimum Gasteiger partial charge on any atom is -0.406 e. The van der Waals surface area contributed by atoms with Crippen molar-refractivity contribution >= 4 is 21.4 Å². The number of nitrogens with two attached hydrogens (primary N) is 1. The summed E-state index contributed by atoms with van der Waals surface area (Å²) in [4.78, 5) is 5.23. The molecule has 1 fully saturated rings. The molecular weight excluding hydrogens is 423 g/mol. The Bertz CT molecular complexity index is 981. The number of alkyl halides is 3. The summed E-state index contributed by atoms with van der Waals surface area (Å²) in [5.74, 6) is -0.479. The molecule has 0 amide bonds. The van der Waals surface area contributed by atoms with Crippen LogP contribution < -0.4 is 10.5 Å². The molecule has 0 unspecified atom stereocenters. The van der Waals surface area contributed by atoms with Gasteiger partial charge in [-0.2, -0.15) is 4.31 Å². The van der Waals surface area contributed by atoms with Gasteiger partial charge in [0.05, 0.1) is 10.6 Å². The Morgan fingerprint density at radius 3 is 2.17 bits per heavy atom. The van der Waals surface area contributed by atoms with Gasteiger partial charge in [0.15, 0.2) is 0 Å². The lowest BCUT2D eigenvalue weighted by atomic mass is 10.1. The lowest BCUT2D eigenvalue weighted by Gasteiger charge is -2.26. The first kappa shape index (κ1) is 21.9. The van der Waals surface area contributed by atoms with E-state index in [2.05, 4.69) is 9.89 Å². The van der Waals surface area contributed by atoms with Crippen LogP contribution in [0.2, 0.25) is 0 Å². The lowest BCUT2D eigenvalue weighted by Crippen LogP contribution is -2.38.